The van der Waals surface area contributed by atoms with Gasteiger partial charge in [-0.25, -0.2) is 9.36 Å². The van der Waals surface area contributed by atoms with Gasteiger partial charge in [0.15, 0.2) is 0 Å². The second kappa shape index (κ2) is 7.43. The van der Waals surface area contributed by atoms with Crippen LogP contribution in [0.3, 0.4) is 0 Å². The molecule has 0 fully saturated rings. The summed E-state index contributed by atoms with van der Waals surface area (Å²) < 4.78 is 3.01. The van der Waals surface area contributed by atoms with Crippen molar-refractivity contribution in [2.45, 2.75) is 19.9 Å². The minimum Gasteiger partial charge on any atom is -0.326 e. The molecular weight excluding hydrogens is 356 g/mol. The third-order valence-corrected chi connectivity index (χ3v) is 4.39. The largest absolute Gasteiger partial charge is 0.326 e. The highest BCUT2D eigenvalue weighted by Gasteiger charge is 2.09. The SMILES string of the molecule is Cc1ccnn1-c1cccc(NC(=O)CCn2nnc3ccccc3c2=O)c1. The number of fused-ring (bicyclic) bond motifs is 1. The maximum absolute atomic E-state index is 12.4. The minimum absolute atomic E-state index is 0.109. The Morgan fingerprint density at radius 3 is 2.79 bits per heavy atom. The van der Waals surface area contributed by atoms with Crippen LogP contribution in [-0.4, -0.2) is 30.7 Å². The van der Waals surface area contributed by atoms with E-state index in [-0.39, 0.29) is 24.4 Å². The number of hydrogen-bond donors (Lipinski definition) is 1. The number of amides is 1. The average Bonchev–Trinajstić information content (AvgIpc) is 3.14. The van der Waals surface area contributed by atoms with Gasteiger partial charge in [0.25, 0.3) is 5.56 Å². The van der Waals surface area contributed by atoms with Gasteiger partial charge in [0.1, 0.15) is 5.52 Å². The normalized spacial score (nSPS) is 10.9. The predicted molar refractivity (Wildman–Crippen MR) is 105 cm³/mol. The van der Waals surface area contributed by atoms with Crippen molar-refractivity contribution in [3.63, 3.8) is 0 Å². The quantitative estimate of drug-likeness (QED) is 0.578. The van der Waals surface area contributed by atoms with Crippen LogP contribution in [0.4, 0.5) is 5.69 Å². The van der Waals surface area contributed by atoms with Gasteiger partial charge < -0.3 is 5.32 Å². The molecule has 0 saturated heterocycles. The molecule has 2 heterocycles. The fourth-order valence-electron chi connectivity index (χ4n) is 2.96. The summed E-state index contributed by atoms with van der Waals surface area (Å²) in [6.07, 6.45) is 1.83. The first-order valence-corrected chi connectivity index (χ1v) is 8.85. The van der Waals surface area contributed by atoms with Crippen molar-refractivity contribution in [3.05, 3.63) is 76.8 Å². The first-order chi connectivity index (χ1) is 13.6. The molecule has 4 rings (SSSR count). The van der Waals surface area contributed by atoms with E-state index in [1.165, 1.54) is 4.68 Å². The second-order valence-corrected chi connectivity index (χ2v) is 6.37. The van der Waals surface area contributed by atoms with Crippen molar-refractivity contribution in [2.75, 3.05) is 5.32 Å². The maximum atomic E-state index is 12.4. The van der Waals surface area contributed by atoms with Crippen molar-refractivity contribution in [2.24, 2.45) is 0 Å². The van der Waals surface area contributed by atoms with Gasteiger partial charge >= 0.3 is 0 Å². The number of aryl methyl sites for hydroxylation is 2. The molecule has 4 aromatic rings. The Morgan fingerprint density at radius 1 is 1.11 bits per heavy atom. The molecule has 2 aromatic heterocycles. The Labute approximate surface area is 160 Å². The predicted octanol–water partition coefficient (Wildman–Crippen LogP) is 2.31. The fraction of sp³-hybridized carbons (Fsp3) is 0.150. The standard InChI is InChI=1S/C20H18N6O2/c1-14-9-11-21-26(14)16-6-4-5-15(13-16)22-19(27)10-12-25-20(28)17-7-2-3-8-18(17)23-24-25/h2-9,11,13H,10,12H2,1H3,(H,22,27). The zero-order valence-electron chi connectivity index (χ0n) is 15.2. The number of rotatable bonds is 5. The maximum Gasteiger partial charge on any atom is 0.277 e. The van der Waals surface area contributed by atoms with Crippen LogP contribution in [0.15, 0.2) is 65.6 Å². The van der Waals surface area contributed by atoms with Gasteiger partial charge in [-0.1, -0.05) is 23.4 Å². The highest BCUT2D eigenvalue weighted by molar-refractivity contribution is 5.90. The lowest BCUT2D eigenvalue weighted by molar-refractivity contribution is -0.116. The Hall–Kier alpha value is -3.81. The Morgan fingerprint density at radius 2 is 1.96 bits per heavy atom. The lowest BCUT2D eigenvalue weighted by Crippen LogP contribution is -2.26. The van der Waals surface area contributed by atoms with Gasteiger partial charge in [-0.15, -0.1) is 5.10 Å². The molecule has 0 spiro atoms. The Bertz CT molecular complexity index is 1210. The molecule has 0 aliphatic heterocycles. The van der Waals surface area contributed by atoms with Gasteiger partial charge in [0.05, 0.1) is 17.6 Å². The third-order valence-electron chi connectivity index (χ3n) is 4.39. The zero-order chi connectivity index (χ0) is 19.5. The van der Waals surface area contributed by atoms with E-state index in [2.05, 4.69) is 20.7 Å². The summed E-state index contributed by atoms with van der Waals surface area (Å²) in [6.45, 7) is 2.11. The molecule has 8 nitrogen and oxygen atoms in total. The Balaban J connectivity index is 1.45. The summed E-state index contributed by atoms with van der Waals surface area (Å²) in [7, 11) is 0. The highest BCUT2D eigenvalue weighted by Crippen LogP contribution is 2.16. The van der Waals surface area contributed by atoms with Crippen molar-refractivity contribution < 1.29 is 4.79 Å². The average molecular weight is 374 g/mol. The van der Waals surface area contributed by atoms with E-state index in [0.29, 0.717) is 16.6 Å². The van der Waals surface area contributed by atoms with E-state index in [0.717, 1.165) is 11.4 Å². The number of hydrogen-bond acceptors (Lipinski definition) is 5. The van der Waals surface area contributed by atoms with Gasteiger partial charge in [-0.3, -0.25) is 9.59 Å². The number of nitrogens with one attached hydrogen (secondary N) is 1. The van der Waals surface area contributed by atoms with Gasteiger partial charge in [-0.2, -0.15) is 5.10 Å². The van der Waals surface area contributed by atoms with E-state index in [4.69, 9.17) is 0 Å². The van der Waals surface area contributed by atoms with Crippen molar-refractivity contribution in [3.8, 4) is 5.69 Å². The van der Waals surface area contributed by atoms with E-state index >= 15 is 0 Å². The molecule has 1 N–H and O–H groups in total. The molecule has 28 heavy (non-hydrogen) atoms. The van der Waals surface area contributed by atoms with Gasteiger partial charge in [0.2, 0.25) is 5.91 Å². The fourth-order valence-corrected chi connectivity index (χ4v) is 2.96. The molecule has 0 aliphatic rings. The van der Waals surface area contributed by atoms with E-state index < -0.39 is 0 Å². The van der Waals surface area contributed by atoms with Crippen LogP contribution in [0.25, 0.3) is 16.6 Å². The Kier molecular flexibility index (Phi) is 4.67. The first-order valence-electron chi connectivity index (χ1n) is 8.85. The summed E-state index contributed by atoms with van der Waals surface area (Å²) in [5, 5.41) is 15.5. The molecule has 0 aliphatic carbocycles. The van der Waals surface area contributed by atoms with Gasteiger partial charge in [-0.05, 0) is 43.3 Å². The van der Waals surface area contributed by atoms with E-state index in [1.54, 1.807) is 35.1 Å². The lowest BCUT2D eigenvalue weighted by atomic mass is 10.2. The molecule has 0 saturated carbocycles. The molecule has 2 aromatic carbocycles. The molecule has 0 radical (unpaired) electrons. The third kappa shape index (κ3) is 3.52. The molecule has 0 unspecified atom stereocenters. The summed E-state index contributed by atoms with van der Waals surface area (Å²) in [6, 6.07) is 16.3. The molecule has 140 valence electrons. The number of carbonyl (C=O) groups excluding carboxylic acids is 1. The topological polar surface area (TPSA) is 94.7 Å². The van der Waals surface area contributed by atoms with Crippen LogP contribution >= 0.6 is 0 Å². The van der Waals surface area contributed by atoms with Crippen LogP contribution in [-0.2, 0) is 11.3 Å². The van der Waals surface area contributed by atoms with Crippen LogP contribution in [0.1, 0.15) is 12.1 Å². The highest BCUT2D eigenvalue weighted by atomic mass is 16.2. The molecule has 1 amide bonds. The zero-order valence-corrected chi connectivity index (χ0v) is 15.2. The number of nitrogens with zero attached hydrogens (tertiary/aromatic N) is 5. The molecule has 0 atom stereocenters. The van der Waals surface area contributed by atoms with Crippen LogP contribution in [0, 0.1) is 6.92 Å². The van der Waals surface area contributed by atoms with Crippen LogP contribution in [0.5, 0.6) is 0 Å². The number of aromatic nitrogens is 5. The number of carbonyl (C=O) groups is 1. The monoisotopic (exact) mass is 374 g/mol. The summed E-state index contributed by atoms with van der Waals surface area (Å²) >= 11 is 0. The summed E-state index contributed by atoms with van der Waals surface area (Å²) in [4.78, 5) is 24.8. The second-order valence-electron chi connectivity index (χ2n) is 6.37. The van der Waals surface area contributed by atoms with Crippen LogP contribution in [0.2, 0.25) is 0 Å². The van der Waals surface area contributed by atoms with E-state index in [1.807, 2.05) is 37.3 Å². The number of benzene rings is 2. The number of anilines is 1. The van der Waals surface area contributed by atoms with Crippen molar-refractivity contribution in [1.29, 1.82) is 0 Å². The smallest absolute Gasteiger partial charge is 0.277 e. The minimum atomic E-state index is -0.255. The summed E-state index contributed by atoms with van der Waals surface area (Å²) in [5.41, 5.74) is 2.80. The lowest BCUT2D eigenvalue weighted by Gasteiger charge is -2.09. The molecule has 8 heteroatoms. The van der Waals surface area contributed by atoms with Crippen molar-refractivity contribution in [1.82, 2.24) is 24.8 Å². The molecular formula is C20H18N6O2. The summed E-state index contributed by atoms with van der Waals surface area (Å²) in [5.74, 6) is -0.212. The van der Waals surface area contributed by atoms with Crippen LogP contribution < -0.4 is 10.9 Å². The van der Waals surface area contributed by atoms with Gasteiger partial charge in [0, 0.05) is 24.0 Å². The molecule has 0 bridgehead atoms. The van der Waals surface area contributed by atoms with Crippen molar-refractivity contribution >= 4 is 22.5 Å². The van der Waals surface area contributed by atoms with E-state index in [9.17, 15) is 9.59 Å². The first kappa shape index (κ1) is 17.6.